The van der Waals surface area contributed by atoms with Crippen molar-refractivity contribution in [2.75, 3.05) is 19.7 Å². The lowest BCUT2D eigenvalue weighted by Crippen LogP contribution is -2.50. The first-order valence-electron chi connectivity index (χ1n) is 7.52. The summed E-state index contributed by atoms with van der Waals surface area (Å²) >= 11 is 0. The van der Waals surface area contributed by atoms with Gasteiger partial charge in [-0.2, -0.15) is 0 Å². The van der Waals surface area contributed by atoms with Crippen LogP contribution >= 0.6 is 0 Å². The Morgan fingerprint density at radius 1 is 1.30 bits per heavy atom. The van der Waals surface area contributed by atoms with Crippen molar-refractivity contribution >= 4 is 6.03 Å². The fraction of sp³-hybridized carbons (Fsp3) is 0.562. The van der Waals surface area contributed by atoms with Gasteiger partial charge in [0.25, 0.3) is 0 Å². The number of morpholine rings is 1. The van der Waals surface area contributed by atoms with E-state index in [1.54, 1.807) is 0 Å². The lowest BCUT2D eigenvalue weighted by atomic mass is 10.1. The van der Waals surface area contributed by atoms with E-state index in [0.717, 1.165) is 25.7 Å². The molecular weight excluding hydrogens is 252 g/mol. The number of rotatable bonds is 4. The predicted octanol–water partition coefficient (Wildman–Crippen LogP) is 2.19. The third-order valence-corrected chi connectivity index (χ3v) is 3.93. The maximum Gasteiger partial charge on any atom is 0.317 e. The predicted molar refractivity (Wildman–Crippen MR) is 77.6 cm³/mol. The van der Waals surface area contributed by atoms with Gasteiger partial charge in [-0.3, -0.25) is 0 Å². The van der Waals surface area contributed by atoms with Gasteiger partial charge in [-0.25, -0.2) is 4.79 Å². The number of carbonyl (C=O) groups excluding carboxylic acids is 1. The minimum Gasteiger partial charge on any atom is -0.375 e. The van der Waals surface area contributed by atoms with Crippen LogP contribution in [-0.4, -0.2) is 42.8 Å². The second-order valence-electron chi connectivity index (χ2n) is 5.69. The number of nitrogens with one attached hydrogen (secondary N) is 1. The van der Waals surface area contributed by atoms with Crippen molar-refractivity contribution in [1.82, 2.24) is 10.2 Å². The molecule has 1 aromatic rings. The second-order valence-corrected chi connectivity index (χ2v) is 5.69. The smallest absolute Gasteiger partial charge is 0.317 e. The zero-order valence-corrected chi connectivity index (χ0v) is 11.8. The van der Waals surface area contributed by atoms with Crippen LogP contribution < -0.4 is 5.32 Å². The van der Waals surface area contributed by atoms with E-state index in [0.29, 0.717) is 25.7 Å². The Bertz CT molecular complexity index is 445. The molecule has 1 aliphatic carbocycles. The lowest BCUT2D eigenvalue weighted by molar-refractivity contribution is -0.0176. The first kappa shape index (κ1) is 13.4. The molecule has 1 saturated heterocycles. The van der Waals surface area contributed by atoms with Crippen LogP contribution in [0.25, 0.3) is 0 Å². The molecular formula is C16H22N2O2. The van der Waals surface area contributed by atoms with Crippen molar-refractivity contribution in [3.63, 3.8) is 0 Å². The van der Waals surface area contributed by atoms with E-state index >= 15 is 0 Å². The summed E-state index contributed by atoms with van der Waals surface area (Å²) in [5, 5.41) is 3.05. The molecule has 2 amide bonds. The topological polar surface area (TPSA) is 41.6 Å². The molecule has 108 valence electrons. The van der Waals surface area contributed by atoms with Crippen LogP contribution in [-0.2, 0) is 11.2 Å². The summed E-state index contributed by atoms with van der Waals surface area (Å²) in [6.45, 7) is 2.07. The van der Waals surface area contributed by atoms with E-state index in [2.05, 4.69) is 29.6 Å². The highest BCUT2D eigenvalue weighted by atomic mass is 16.5. The van der Waals surface area contributed by atoms with E-state index in [4.69, 9.17) is 4.74 Å². The Morgan fingerprint density at radius 3 is 2.85 bits per heavy atom. The SMILES string of the molecule is O=C(NC1CC1)N1CCO[C@@H](CCc2ccccc2)C1. The molecule has 1 atom stereocenters. The molecule has 0 spiro atoms. The molecule has 4 heteroatoms. The Kier molecular flexibility index (Phi) is 4.21. The summed E-state index contributed by atoms with van der Waals surface area (Å²) in [6, 6.07) is 10.9. The van der Waals surface area contributed by atoms with Crippen LogP contribution in [0.4, 0.5) is 4.79 Å². The molecule has 4 nitrogen and oxygen atoms in total. The number of benzene rings is 1. The summed E-state index contributed by atoms with van der Waals surface area (Å²) < 4.78 is 5.78. The number of hydrogen-bond donors (Lipinski definition) is 1. The van der Waals surface area contributed by atoms with Gasteiger partial charge in [-0.1, -0.05) is 30.3 Å². The summed E-state index contributed by atoms with van der Waals surface area (Å²) in [4.78, 5) is 13.9. The average Bonchev–Trinajstić information content (AvgIpc) is 3.30. The van der Waals surface area contributed by atoms with Crippen LogP contribution in [0.2, 0.25) is 0 Å². The lowest BCUT2D eigenvalue weighted by Gasteiger charge is -2.33. The van der Waals surface area contributed by atoms with Crippen LogP contribution in [0.1, 0.15) is 24.8 Å². The number of carbonyl (C=O) groups is 1. The summed E-state index contributed by atoms with van der Waals surface area (Å²) in [7, 11) is 0. The van der Waals surface area contributed by atoms with Crippen molar-refractivity contribution in [3.05, 3.63) is 35.9 Å². The van der Waals surface area contributed by atoms with Crippen molar-refractivity contribution in [1.29, 1.82) is 0 Å². The summed E-state index contributed by atoms with van der Waals surface area (Å²) in [5.41, 5.74) is 1.33. The zero-order valence-electron chi connectivity index (χ0n) is 11.8. The van der Waals surface area contributed by atoms with Crippen molar-refractivity contribution in [3.8, 4) is 0 Å². The average molecular weight is 274 g/mol. The molecule has 0 radical (unpaired) electrons. The van der Waals surface area contributed by atoms with Gasteiger partial charge < -0.3 is 15.0 Å². The molecule has 1 aromatic carbocycles. The minimum absolute atomic E-state index is 0.0838. The van der Waals surface area contributed by atoms with Gasteiger partial charge in [-0.05, 0) is 31.2 Å². The first-order chi connectivity index (χ1) is 9.81. The molecule has 20 heavy (non-hydrogen) atoms. The standard InChI is InChI=1S/C16H22N2O2/c19-16(17-14-7-8-14)18-10-11-20-15(12-18)9-6-13-4-2-1-3-5-13/h1-5,14-15H,6-12H2,(H,17,19)/t15-/m0/s1. The van der Waals surface area contributed by atoms with E-state index in [-0.39, 0.29) is 12.1 Å². The van der Waals surface area contributed by atoms with Gasteiger partial charge in [0.1, 0.15) is 0 Å². The Balaban J connectivity index is 1.46. The zero-order chi connectivity index (χ0) is 13.8. The van der Waals surface area contributed by atoms with Gasteiger partial charge in [0.2, 0.25) is 0 Å². The molecule has 1 saturated carbocycles. The molecule has 0 bridgehead atoms. The largest absolute Gasteiger partial charge is 0.375 e. The van der Waals surface area contributed by atoms with Crippen molar-refractivity contribution in [2.45, 2.75) is 37.8 Å². The van der Waals surface area contributed by atoms with E-state index in [1.807, 2.05) is 11.0 Å². The van der Waals surface area contributed by atoms with Crippen LogP contribution in [0.3, 0.4) is 0 Å². The van der Waals surface area contributed by atoms with Gasteiger partial charge in [0.05, 0.1) is 12.7 Å². The van der Waals surface area contributed by atoms with Gasteiger partial charge in [-0.15, -0.1) is 0 Å². The number of ether oxygens (including phenoxy) is 1. The molecule has 1 N–H and O–H groups in total. The quantitative estimate of drug-likeness (QED) is 0.914. The van der Waals surface area contributed by atoms with Gasteiger partial charge in [0.15, 0.2) is 0 Å². The van der Waals surface area contributed by atoms with Gasteiger partial charge >= 0.3 is 6.03 Å². The van der Waals surface area contributed by atoms with Crippen LogP contribution in [0, 0.1) is 0 Å². The third-order valence-electron chi connectivity index (χ3n) is 3.93. The highest BCUT2D eigenvalue weighted by Crippen LogP contribution is 2.19. The maximum absolute atomic E-state index is 12.0. The Hall–Kier alpha value is -1.55. The van der Waals surface area contributed by atoms with Crippen molar-refractivity contribution in [2.24, 2.45) is 0 Å². The minimum atomic E-state index is 0.0838. The molecule has 0 unspecified atom stereocenters. The highest BCUT2D eigenvalue weighted by Gasteiger charge is 2.29. The Labute approximate surface area is 120 Å². The van der Waals surface area contributed by atoms with E-state index < -0.39 is 0 Å². The number of hydrogen-bond acceptors (Lipinski definition) is 2. The van der Waals surface area contributed by atoms with Gasteiger partial charge in [0, 0.05) is 19.1 Å². The summed E-state index contributed by atoms with van der Waals surface area (Å²) in [6.07, 6.45) is 4.40. The van der Waals surface area contributed by atoms with E-state index in [9.17, 15) is 4.79 Å². The normalized spacial score (nSPS) is 22.6. The molecule has 2 fully saturated rings. The molecule has 2 aliphatic rings. The fourth-order valence-electron chi connectivity index (χ4n) is 2.54. The molecule has 0 aromatic heterocycles. The van der Waals surface area contributed by atoms with E-state index in [1.165, 1.54) is 5.56 Å². The second kappa shape index (κ2) is 6.27. The molecule has 1 aliphatic heterocycles. The molecule has 3 rings (SSSR count). The monoisotopic (exact) mass is 274 g/mol. The third kappa shape index (κ3) is 3.73. The number of amides is 2. The Morgan fingerprint density at radius 2 is 2.10 bits per heavy atom. The van der Waals surface area contributed by atoms with Crippen molar-refractivity contribution < 1.29 is 9.53 Å². The van der Waals surface area contributed by atoms with Crippen LogP contribution in [0.5, 0.6) is 0 Å². The van der Waals surface area contributed by atoms with Crippen LogP contribution in [0.15, 0.2) is 30.3 Å². The highest BCUT2D eigenvalue weighted by molar-refractivity contribution is 5.75. The number of aryl methyl sites for hydroxylation is 1. The molecule has 1 heterocycles. The number of nitrogens with zero attached hydrogens (tertiary/aromatic N) is 1. The maximum atomic E-state index is 12.0. The first-order valence-corrected chi connectivity index (χ1v) is 7.52. The summed E-state index contributed by atoms with van der Waals surface area (Å²) in [5.74, 6) is 0. The fourth-order valence-corrected chi connectivity index (χ4v) is 2.54. The number of urea groups is 1.